The maximum atomic E-state index is 12.3. The molecule has 1 saturated heterocycles. The van der Waals surface area contributed by atoms with Gasteiger partial charge in [0, 0.05) is 38.2 Å². The van der Waals surface area contributed by atoms with E-state index in [1.54, 1.807) is 41.1 Å². The summed E-state index contributed by atoms with van der Waals surface area (Å²) in [6, 6.07) is 10.8. The quantitative estimate of drug-likeness (QED) is 0.824. The second-order valence-electron chi connectivity index (χ2n) is 6.37. The highest BCUT2D eigenvalue weighted by atomic mass is 16.2. The third kappa shape index (κ3) is 5.31. The van der Waals surface area contributed by atoms with E-state index in [-0.39, 0.29) is 30.2 Å². The van der Waals surface area contributed by atoms with Crippen LogP contribution in [0.15, 0.2) is 30.3 Å². The van der Waals surface area contributed by atoms with Crippen LogP contribution in [0.1, 0.15) is 29.6 Å². The van der Waals surface area contributed by atoms with Gasteiger partial charge in [-0.3, -0.25) is 14.4 Å². The third-order valence-corrected chi connectivity index (χ3v) is 4.57. The largest absolute Gasteiger partial charge is 0.344 e. The fraction of sp³-hybridized carbons (Fsp3) is 0.474. The van der Waals surface area contributed by atoms with Crippen LogP contribution in [-0.2, 0) is 9.59 Å². The van der Waals surface area contributed by atoms with Crippen LogP contribution in [0.3, 0.4) is 0 Å². The Hall–Kier alpha value is -2.88. The van der Waals surface area contributed by atoms with Gasteiger partial charge in [0.1, 0.15) is 0 Å². The first-order valence-electron chi connectivity index (χ1n) is 8.76. The highest BCUT2D eigenvalue weighted by Gasteiger charge is 2.29. The lowest BCUT2D eigenvalue weighted by atomic mass is 9.95. The molecule has 0 saturated carbocycles. The number of carbonyl (C=O) groups excluding carboxylic acids is 3. The van der Waals surface area contributed by atoms with Gasteiger partial charge in [0.05, 0.1) is 19.0 Å². The Morgan fingerprint density at radius 1 is 1.23 bits per heavy atom. The van der Waals surface area contributed by atoms with Crippen molar-refractivity contribution in [3.8, 4) is 6.07 Å². The van der Waals surface area contributed by atoms with Crippen molar-refractivity contribution in [3.05, 3.63) is 35.9 Å². The number of piperidine rings is 1. The van der Waals surface area contributed by atoms with Gasteiger partial charge >= 0.3 is 0 Å². The van der Waals surface area contributed by atoms with E-state index in [0.717, 1.165) is 0 Å². The predicted molar refractivity (Wildman–Crippen MR) is 95.9 cm³/mol. The van der Waals surface area contributed by atoms with Crippen LogP contribution in [0.4, 0.5) is 0 Å². The van der Waals surface area contributed by atoms with E-state index in [1.807, 2.05) is 12.1 Å². The lowest BCUT2D eigenvalue weighted by Gasteiger charge is -2.33. The summed E-state index contributed by atoms with van der Waals surface area (Å²) >= 11 is 0. The number of nitrogens with one attached hydrogen (secondary N) is 1. The first-order valence-corrected chi connectivity index (χ1v) is 8.76. The molecule has 0 aliphatic carbocycles. The minimum atomic E-state index is -0.275. The lowest BCUT2D eigenvalue weighted by Crippen LogP contribution is -2.46. The Bertz CT molecular complexity index is 676. The molecule has 0 aromatic heterocycles. The minimum absolute atomic E-state index is 0.0322. The minimum Gasteiger partial charge on any atom is -0.344 e. The molecule has 1 fully saturated rings. The number of benzene rings is 1. The number of carbonyl (C=O) groups is 3. The summed E-state index contributed by atoms with van der Waals surface area (Å²) in [6.45, 7) is 1.39. The topological polar surface area (TPSA) is 93.5 Å². The zero-order valence-electron chi connectivity index (χ0n) is 15.0. The van der Waals surface area contributed by atoms with E-state index in [9.17, 15) is 14.4 Å². The summed E-state index contributed by atoms with van der Waals surface area (Å²) in [6.07, 6.45) is 1.53. The van der Waals surface area contributed by atoms with Crippen molar-refractivity contribution in [2.75, 3.05) is 33.2 Å². The van der Waals surface area contributed by atoms with Gasteiger partial charge in [-0.1, -0.05) is 18.2 Å². The molecule has 1 aromatic rings. The van der Waals surface area contributed by atoms with Gasteiger partial charge < -0.3 is 15.1 Å². The number of nitriles is 1. The Morgan fingerprint density at radius 2 is 1.88 bits per heavy atom. The molecular formula is C19H24N4O3. The van der Waals surface area contributed by atoms with E-state index in [1.165, 1.54) is 0 Å². The number of hydrogen-bond acceptors (Lipinski definition) is 4. The van der Waals surface area contributed by atoms with Crippen molar-refractivity contribution in [2.45, 2.75) is 19.3 Å². The van der Waals surface area contributed by atoms with Crippen LogP contribution in [0, 0.1) is 17.2 Å². The summed E-state index contributed by atoms with van der Waals surface area (Å²) in [5, 5.41) is 11.2. The molecule has 7 nitrogen and oxygen atoms in total. The number of hydrogen-bond donors (Lipinski definition) is 1. The molecule has 3 amide bonds. The average molecular weight is 356 g/mol. The number of amides is 3. The second kappa shape index (κ2) is 9.56. The Morgan fingerprint density at radius 3 is 2.50 bits per heavy atom. The van der Waals surface area contributed by atoms with Crippen molar-refractivity contribution >= 4 is 17.7 Å². The number of rotatable bonds is 6. The third-order valence-electron chi connectivity index (χ3n) is 4.57. The zero-order chi connectivity index (χ0) is 18.9. The fourth-order valence-corrected chi connectivity index (χ4v) is 2.97. The van der Waals surface area contributed by atoms with Gasteiger partial charge in [0.15, 0.2) is 0 Å². The van der Waals surface area contributed by atoms with Crippen molar-refractivity contribution < 1.29 is 14.4 Å². The van der Waals surface area contributed by atoms with Crippen molar-refractivity contribution in [2.24, 2.45) is 5.92 Å². The monoisotopic (exact) mass is 356 g/mol. The molecule has 0 unspecified atom stereocenters. The van der Waals surface area contributed by atoms with Crippen LogP contribution in [0.2, 0.25) is 0 Å². The first-order chi connectivity index (χ1) is 12.5. The SMILES string of the molecule is CN(CCC#N)C(=O)C1CCN(C(=O)CNC(=O)c2ccccc2)CC1. The molecule has 138 valence electrons. The Balaban J connectivity index is 1.75. The zero-order valence-corrected chi connectivity index (χ0v) is 15.0. The van der Waals surface area contributed by atoms with Crippen molar-refractivity contribution in [1.82, 2.24) is 15.1 Å². The summed E-state index contributed by atoms with van der Waals surface area (Å²) in [7, 11) is 1.70. The molecular weight excluding hydrogens is 332 g/mol. The molecule has 0 bridgehead atoms. The second-order valence-corrected chi connectivity index (χ2v) is 6.37. The molecule has 0 radical (unpaired) electrons. The molecule has 26 heavy (non-hydrogen) atoms. The van der Waals surface area contributed by atoms with Gasteiger partial charge in [0.2, 0.25) is 11.8 Å². The summed E-state index contributed by atoms with van der Waals surface area (Å²) in [4.78, 5) is 39.8. The number of nitrogens with zero attached hydrogens (tertiary/aromatic N) is 3. The standard InChI is InChI=1S/C19H24N4O3/c1-22(11-5-10-20)19(26)16-8-12-23(13-9-16)17(24)14-21-18(25)15-6-3-2-4-7-15/h2-4,6-7,16H,5,8-9,11-14H2,1H3,(H,21,25). The molecule has 1 aliphatic rings. The molecule has 1 aromatic carbocycles. The van der Waals surface area contributed by atoms with E-state index >= 15 is 0 Å². The maximum absolute atomic E-state index is 12.3. The molecule has 1 aliphatic heterocycles. The molecule has 0 atom stereocenters. The van der Waals surface area contributed by atoms with Gasteiger partial charge in [0.25, 0.3) is 5.91 Å². The Kier molecular flexibility index (Phi) is 7.15. The van der Waals surface area contributed by atoms with E-state index in [2.05, 4.69) is 5.32 Å². The van der Waals surface area contributed by atoms with Gasteiger partial charge in [-0.25, -0.2) is 0 Å². The highest BCUT2D eigenvalue weighted by molar-refractivity contribution is 5.96. The lowest BCUT2D eigenvalue weighted by molar-refractivity contribution is -0.139. The Labute approximate surface area is 153 Å². The summed E-state index contributed by atoms with van der Waals surface area (Å²) in [5.41, 5.74) is 0.519. The van der Waals surface area contributed by atoms with Gasteiger partial charge in [-0.2, -0.15) is 5.26 Å². The number of likely N-dealkylation sites (tertiary alicyclic amines) is 1. The average Bonchev–Trinajstić information content (AvgIpc) is 2.70. The predicted octanol–water partition coefficient (Wildman–Crippen LogP) is 1.03. The highest BCUT2D eigenvalue weighted by Crippen LogP contribution is 2.19. The summed E-state index contributed by atoms with van der Waals surface area (Å²) in [5.74, 6) is -0.493. The fourth-order valence-electron chi connectivity index (χ4n) is 2.97. The first kappa shape index (κ1) is 19.4. The van der Waals surface area contributed by atoms with Crippen molar-refractivity contribution in [1.29, 1.82) is 5.26 Å². The summed E-state index contributed by atoms with van der Waals surface area (Å²) < 4.78 is 0. The normalized spacial score (nSPS) is 14.4. The van der Waals surface area contributed by atoms with Crippen LogP contribution in [-0.4, -0.2) is 60.7 Å². The van der Waals surface area contributed by atoms with Gasteiger partial charge in [-0.05, 0) is 25.0 Å². The van der Waals surface area contributed by atoms with E-state index in [0.29, 0.717) is 44.5 Å². The van der Waals surface area contributed by atoms with Gasteiger partial charge in [-0.15, -0.1) is 0 Å². The maximum Gasteiger partial charge on any atom is 0.251 e. The van der Waals surface area contributed by atoms with Crippen molar-refractivity contribution in [3.63, 3.8) is 0 Å². The molecule has 2 rings (SSSR count). The van der Waals surface area contributed by atoms with Crippen LogP contribution < -0.4 is 5.32 Å². The smallest absolute Gasteiger partial charge is 0.251 e. The molecule has 7 heteroatoms. The van der Waals surface area contributed by atoms with E-state index < -0.39 is 0 Å². The molecule has 1 N–H and O–H groups in total. The van der Waals surface area contributed by atoms with Crippen LogP contribution in [0.25, 0.3) is 0 Å². The van der Waals surface area contributed by atoms with Crippen LogP contribution >= 0.6 is 0 Å². The van der Waals surface area contributed by atoms with E-state index in [4.69, 9.17) is 5.26 Å². The van der Waals surface area contributed by atoms with Crippen LogP contribution in [0.5, 0.6) is 0 Å². The molecule has 0 spiro atoms. The molecule has 1 heterocycles.